The molecule has 2 N–H and O–H groups in total. The summed E-state index contributed by atoms with van der Waals surface area (Å²) in [5.74, 6) is -2.08. The maximum absolute atomic E-state index is 12.1. The second-order valence-corrected chi connectivity index (χ2v) is 5.46. The number of nitrogens with zero attached hydrogens (tertiary/aromatic N) is 1. The van der Waals surface area contributed by atoms with Crippen molar-refractivity contribution < 1.29 is 19.6 Å². The molecule has 0 radical (unpaired) electrons. The Balaban J connectivity index is 2.29. The number of amides is 1. The van der Waals surface area contributed by atoms with Crippen molar-refractivity contribution in [3.05, 3.63) is 37.9 Å². The number of carbonyl (C=O) groups excluding carboxylic acids is 1. The molecule has 1 aliphatic rings. The van der Waals surface area contributed by atoms with Gasteiger partial charge in [-0.1, -0.05) is 23.2 Å². The molecule has 1 unspecified atom stereocenters. The van der Waals surface area contributed by atoms with Crippen molar-refractivity contribution in [3.63, 3.8) is 0 Å². The number of carboxylic acid groups (broad SMARTS) is 1. The summed E-state index contributed by atoms with van der Waals surface area (Å²) in [6, 6.07) is 0.956. The van der Waals surface area contributed by atoms with Crippen LogP contribution in [0.25, 0.3) is 0 Å². The Morgan fingerprint density at radius 2 is 2.00 bits per heavy atom. The van der Waals surface area contributed by atoms with Crippen molar-refractivity contribution in [3.8, 4) is 0 Å². The number of nitro groups is 1. The number of halogens is 2. The lowest BCUT2D eigenvalue weighted by atomic mass is 10.1. The van der Waals surface area contributed by atoms with Crippen LogP contribution in [-0.2, 0) is 4.79 Å². The summed E-state index contributed by atoms with van der Waals surface area (Å²) in [5.41, 5.74) is -0.615. The van der Waals surface area contributed by atoms with Gasteiger partial charge in [-0.25, -0.2) is 4.79 Å². The fraction of sp³-hybridized carbons (Fsp3) is 0.333. The molecule has 21 heavy (non-hydrogen) atoms. The molecule has 1 aromatic rings. The van der Waals surface area contributed by atoms with Gasteiger partial charge in [-0.2, -0.15) is 0 Å². The zero-order chi connectivity index (χ0) is 15.7. The van der Waals surface area contributed by atoms with Crippen molar-refractivity contribution in [1.29, 1.82) is 0 Å². The zero-order valence-electron chi connectivity index (χ0n) is 10.5. The molecule has 0 aromatic heterocycles. The molecular weight excluding hydrogens is 323 g/mol. The molecule has 1 fully saturated rings. The average molecular weight is 333 g/mol. The largest absolute Gasteiger partial charge is 0.480 e. The van der Waals surface area contributed by atoms with Crippen LogP contribution in [0.5, 0.6) is 0 Å². The predicted octanol–water partition coefficient (Wildman–Crippen LogP) is 2.49. The van der Waals surface area contributed by atoms with Gasteiger partial charge in [-0.3, -0.25) is 14.9 Å². The third kappa shape index (κ3) is 3.43. The van der Waals surface area contributed by atoms with Crippen LogP contribution in [0.1, 0.15) is 23.2 Å². The average Bonchev–Trinajstić information content (AvgIpc) is 3.22. The first kappa shape index (κ1) is 15.5. The molecular formula is C12H10Cl2N2O5. The van der Waals surface area contributed by atoms with Crippen molar-refractivity contribution in [2.45, 2.75) is 18.9 Å². The maximum Gasteiger partial charge on any atom is 0.326 e. The number of benzene rings is 1. The van der Waals surface area contributed by atoms with E-state index in [1.807, 2.05) is 0 Å². The van der Waals surface area contributed by atoms with Crippen LogP contribution in [0.4, 0.5) is 5.69 Å². The smallest absolute Gasteiger partial charge is 0.326 e. The number of nitrogens with one attached hydrogen (secondary N) is 1. The van der Waals surface area contributed by atoms with Gasteiger partial charge in [0.05, 0.1) is 20.5 Å². The van der Waals surface area contributed by atoms with Gasteiger partial charge in [-0.05, 0) is 18.8 Å². The van der Waals surface area contributed by atoms with Crippen LogP contribution in [0, 0.1) is 16.0 Å². The first-order valence-electron chi connectivity index (χ1n) is 5.98. The Bertz CT molecular complexity index is 630. The highest BCUT2D eigenvalue weighted by molar-refractivity contribution is 6.44. The minimum absolute atomic E-state index is 0.126. The van der Waals surface area contributed by atoms with E-state index in [1.165, 1.54) is 0 Å². The second-order valence-electron chi connectivity index (χ2n) is 4.67. The molecule has 7 nitrogen and oxygen atoms in total. The molecule has 1 aromatic carbocycles. The molecule has 1 aliphatic carbocycles. The lowest BCUT2D eigenvalue weighted by Gasteiger charge is -2.14. The highest BCUT2D eigenvalue weighted by Crippen LogP contribution is 2.34. The number of hydrogen-bond acceptors (Lipinski definition) is 4. The van der Waals surface area contributed by atoms with E-state index in [2.05, 4.69) is 5.32 Å². The van der Waals surface area contributed by atoms with Crippen LogP contribution < -0.4 is 5.32 Å². The predicted molar refractivity (Wildman–Crippen MR) is 74.7 cm³/mol. The number of rotatable bonds is 5. The highest BCUT2D eigenvalue weighted by Gasteiger charge is 2.37. The summed E-state index contributed by atoms with van der Waals surface area (Å²) < 4.78 is 0. The first-order valence-corrected chi connectivity index (χ1v) is 6.74. The zero-order valence-corrected chi connectivity index (χ0v) is 12.0. The van der Waals surface area contributed by atoms with Gasteiger partial charge < -0.3 is 10.4 Å². The molecule has 1 saturated carbocycles. The Morgan fingerprint density at radius 1 is 1.38 bits per heavy atom. The molecule has 112 valence electrons. The van der Waals surface area contributed by atoms with E-state index in [0.717, 1.165) is 12.1 Å². The fourth-order valence-electron chi connectivity index (χ4n) is 1.88. The van der Waals surface area contributed by atoms with Crippen molar-refractivity contribution in [1.82, 2.24) is 5.32 Å². The summed E-state index contributed by atoms with van der Waals surface area (Å²) in [7, 11) is 0. The standard InChI is InChI=1S/C12H10Cl2N2O5/c13-8-4-6(16(20)21)3-7(9(8)14)11(17)15-10(12(18)19)5-1-2-5/h3-5,10H,1-2H2,(H,15,17)(H,18,19). The van der Waals surface area contributed by atoms with E-state index < -0.39 is 28.5 Å². The quantitative estimate of drug-likeness (QED) is 0.635. The molecule has 0 aliphatic heterocycles. The number of carboxylic acids is 1. The molecule has 0 heterocycles. The lowest BCUT2D eigenvalue weighted by molar-refractivity contribution is -0.384. The summed E-state index contributed by atoms with van der Waals surface area (Å²) in [5, 5.41) is 21.9. The van der Waals surface area contributed by atoms with Gasteiger partial charge >= 0.3 is 5.97 Å². The Hall–Kier alpha value is -1.86. The van der Waals surface area contributed by atoms with E-state index in [9.17, 15) is 19.7 Å². The first-order chi connectivity index (χ1) is 9.81. The molecule has 0 saturated heterocycles. The fourth-order valence-corrected chi connectivity index (χ4v) is 2.28. The second kappa shape index (κ2) is 5.87. The van der Waals surface area contributed by atoms with Crippen molar-refractivity contribution in [2.24, 2.45) is 5.92 Å². The third-order valence-electron chi connectivity index (χ3n) is 3.11. The van der Waals surface area contributed by atoms with Gasteiger partial charge in [0.25, 0.3) is 11.6 Å². The van der Waals surface area contributed by atoms with Crippen LogP contribution in [-0.4, -0.2) is 27.9 Å². The lowest BCUT2D eigenvalue weighted by Crippen LogP contribution is -2.42. The minimum Gasteiger partial charge on any atom is -0.480 e. The number of carbonyl (C=O) groups is 2. The summed E-state index contributed by atoms with van der Waals surface area (Å²) in [6.07, 6.45) is 1.42. The Morgan fingerprint density at radius 3 is 2.48 bits per heavy atom. The molecule has 2 rings (SSSR count). The van der Waals surface area contributed by atoms with E-state index in [-0.39, 0.29) is 21.5 Å². The van der Waals surface area contributed by atoms with E-state index in [1.54, 1.807) is 0 Å². The molecule has 0 bridgehead atoms. The van der Waals surface area contributed by atoms with Crippen LogP contribution >= 0.6 is 23.2 Å². The summed E-state index contributed by atoms with van der Waals surface area (Å²) in [4.78, 5) is 33.2. The van der Waals surface area contributed by atoms with E-state index in [0.29, 0.717) is 12.8 Å². The monoisotopic (exact) mass is 332 g/mol. The highest BCUT2D eigenvalue weighted by atomic mass is 35.5. The molecule has 1 amide bonds. The maximum atomic E-state index is 12.1. The van der Waals surface area contributed by atoms with Gasteiger partial charge in [-0.15, -0.1) is 0 Å². The van der Waals surface area contributed by atoms with Crippen LogP contribution in [0.15, 0.2) is 12.1 Å². The van der Waals surface area contributed by atoms with Gasteiger partial charge in [0, 0.05) is 12.1 Å². The minimum atomic E-state index is -1.15. The van der Waals surface area contributed by atoms with Gasteiger partial charge in [0.2, 0.25) is 0 Å². The van der Waals surface area contributed by atoms with Crippen molar-refractivity contribution >= 4 is 40.8 Å². The van der Waals surface area contributed by atoms with E-state index in [4.69, 9.17) is 28.3 Å². The summed E-state index contributed by atoms with van der Waals surface area (Å²) in [6.45, 7) is 0. The van der Waals surface area contributed by atoms with Gasteiger partial charge in [0.15, 0.2) is 0 Å². The topological polar surface area (TPSA) is 110 Å². The Labute approximate surface area is 129 Å². The molecule has 9 heteroatoms. The normalized spacial score (nSPS) is 15.3. The van der Waals surface area contributed by atoms with Crippen LogP contribution in [0.2, 0.25) is 10.0 Å². The molecule has 1 atom stereocenters. The van der Waals surface area contributed by atoms with E-state index >= 15 is 0 Å². The van der Waals surface area contributed by atoms with Gasteiger partial charge in [0.1, 0.15) is 6.04 Å². The Kier molecular flexibility index (Phi) is 4.34. The third-order valence-corrected chi connectivity index (χ3v) is 3.92. The summed E-state index contributed by atoms with van der Waals surface area (Å²) >= 11 is 11.6. The number of aliphatic carboxylic acids is 1. The van der Waals surface area contributed by atoms with Crippen LogP contribution in [0.3, 0.4) is 0 Å². The van der Waals surface area contributed by atoms with Crippen molar-refractivity contribution in [2.75, 3.05) is 0 Å². The molecule has 0 spiro atoms. The number of hydrogen-bond donors (Lipinski definition) is 2. The number of non-ortho nitro benzene ring substituents is 1. The number of nitro benzene ring substituents is 1. The SMILES string of the molecule is O=C(NC(C(=O)O)C1CC1)c1cc([N+](=O)[O-])cc(Cl)c1Cl.